The van der Waals surface area contributed by atoms with Crippen molar-refractivity contribution in [3.8, 4) is 0 Å². The molecule has 2 aliphatic carbocycles. The van der Waals surface area contributed by atoms with Crippen LogP contribution in [0.5, 0.6) is 0 Å². The molecule has 2 aromatic rings. The standard InChI is InChI=1S/C22H17BrClNO4/c23-18-13-9-14-17(22(28)29-20(14)18)16(13)21(27)25-15-7-6-11(24)8-12(15)19(26)10-4-2-1-3-5-10/h1-8,13-14,16-18,20H,9H2,(H,25,27)/t13-,14-,16-,17+,18+,20+/m1/s1. The van der Waals surface area contributed by atoms with Crippen molar-refractivity contribution >= 4 is 50.9 Å². The lowest BCUT2D eigenvalue weighted by molar-refractivity contribution is -0.145. The molecule has 29 heavy (non-hydrogen) atoms. The number of halogens is 2. The summed E-state index contributed by atoms with van der Waals surface area (Å²) in [7, 11) is 0. The molecule has 1 heterocycles. The Morgan fingerprint density at radius 2 is 1.86 bits per heavy atom. The van der Waals surface area contributed by atoms with E-state index in [1.54, 1.807) is 42.5 Å². The number of nitrogens with one attached hydrogen (secondary N) is 1. The highest BCUT2D eigenvalue weighted by Gasteiger charge is 2.67. The van der Waals surface area contributed by atoms with Crippen LogP contribution in [0.25, 0.3) is 0 Å². The summed E-state index contributed by atoms with van der Waals surface area (Å²) in [4.78, 5) is 38.5. The quantitative estimate of drug-likeness (QED) is 0.412. The molecule has 2 bridgehead atoms. The molecule has 2 aromatic carbocycles. The van der Waals surface area contributed by atoms with E-state index in [0.29, 0.717) is 21.8 Å². The third-order valence-electron chi connectivity index (χ3n) is 6.35. The van der Waals surface area contributed by atoms with Gasteiger partial charge in [0.25, 0.3) is 0 Å². The summed E-state index contributed by atoms with van der Waals surface area (Å²) in [5.41, 5.74) is 1.22. The van der Waals surface area contributed by atoms with Gasteiger partial charge in [-0.1, -0.05) is 57.9 Å². The van der Waals surface area contributed by atoms with Gasteiger partial charge >= 0.3 is 5.97 Å². The van der Waals surface area contributed by atoms with Crippen molar-refractivity contribution in [2.45, 2.75) is 17.4 Å². The lowest BCUT2D eigenvalue weighted by Gasteiger charge is -2.27. The topological polar surface area (TPSA) is 72.5 Å². The van der Waals surface area contributed by atoms with Gasteiger partial charge in [0.1, 0.15) is 6.10 Å². The molecule has 148 valence electrons. The molecular formula is C22H17BrClNO4. The Kier molecular flexibility index (Phi) is 4.51. The van der Waals surface area contributed by atoms with Crippen molar-refractivity contribution in [2.24, 2.45) is 23.7 Å². The number of amides is 1. The van der Waals surface area contributed by atoms with E-state index in [-0.39, 0.29) is 40.4 Å². The molecule has 0 spiro atoms. The number of rotatable bonds is 4. The van der Waals surface area contributed by atoms with E-state index in [1.165, 1.54) is 0 Å². The largest absolute Gasteiger partial charge is 0.461 e. The molecule has 1 aliphatic heterocycles. The summed E-state index contributed by atoms with van der Waals surface area (Å²) in [5, 5.41) is 3.30. The molecule has 2 saturated carbocycles. The van der Waals surface area contributed by atoms with Gasteiger partial charge in [-0.15, -0.1) is 0 Å². The fourth-order valence-corrected chi connectivity index (χ4v) is 6.32. The highest BCUT2D eigenvalue weighted by atomic mass is 79.9. The van der Waals surface area contributed by atoms with Gasteiger partial charge in [0.05, 0.1) is 22.4 Å². The summed E-state index contributed by atoms with van der Waals surface area (Å²) in [6.07, 6.45) is 0.665. The first kappa shape index (κ1) is 18.8. The minimum absolute atomic E-state index is 0.0124. The second-order valence-corrected chi connectivity index (χ2v) is 9.33. The number of benzene rings is 2. The van der Waals surface area contributed by atoms with Crippen LogP contribution in [0.15, 0.2) is 48.5 Å². The van der Waals surface area contributed by atoms with Gasteiger partial charge in [-0.3, -0.25) is 14.4 Å². The summed E-state index contributed by atoms with van der Waals surface area (Å²) in [6, 6.07) is 13.6. The Morgan fingerprint density at radius 1 is 1.10 bits per heavy atom. The second kappa shape index (κ2) is 6.96. The van der Waals surface area contributed by atoms with Crippen molar-refractivity contribution in [3.63, 3.8) is 0 Å². The number of esters is 1. The van der Waals surface area contributed by atoms with Crippen molar-refractivity contribution in [1.82, 2.24) is 0 Å². The number of anilines is 1. The minimum Gasteiger partial charge on any atom is -0.461 e. The lowest BCUT2D eigenvalue weighted by Crippen LogP contribution is -2.40. The second-order valence-electron chi connectivity index (χ2n) is 7.84. The number of ether oxygens (including phenoxy) is 1. The van der Waals surface area contributed by atoms with Crippen LogP contribution in [0.3, 0.4) is 0 Å². The molecule has 7 heteroatoms. The van der Waals surface area contributed by atoms with E-state index in [1.807, 2.05) is 6.07 Å². The van der Waals surface area contributed by atoms with Crippen molar-refractivity contribution in [2.75, 3.05) is 5.32 Å². The third kappa shape index (κ3) is 2.92. The zero-order chi connectivity index (χ0) is 20.3. The molecule has 0 aromatic heterocycles. The summed E-state index contributed by atoms with van der Waals surface area (Å²) < 4.78 is 5.48. The number of carbonyl (C=O) groups excluding carboxylic acids is 3. The molecule has 1 saturated heterocycles. The first-order chi connectivity index (χ1) is 14.0. The number of ketones is 1. The van der Waals surface area contributed by atoms with Crippen LogP contribution >= 0.6 is 27.5 Å². The Bertz CT molecular complexity index is 1030. The van der Waals surface area contributed by atoms with Gasteiger partial charge in [-0.05, 0) is 30.5 Å². The molecular weight excluding hydrogens is 458 g/mol. The van der Waals surface area contributed by atoms with E-state index in [9.17, 15) is 14.4 Å². The zero-order valence-electron chi connectivity index (χ0n) is 15.2. The number of carbonyl (C=O) groups is 3. The predicted octanol–water partition coefficient (Wildman–Crippen LogP) is 4.08. The molecule has 0 radical (unpaired) electrons. The molecule has 1 N–H and O–H groups in total. The summed E-state index contributed by atoms with van der Waals surface area (Å²) in [5.74, 6) is -1.51. The number of hydrogen-bond donors (Lipinski definition) is 1. The predicted molar refractivity (Wildman–Crippen MR) is 111 cm³/mol. The van der Waals surface area contributed by atoms with Gasteiger partial charge < -0.3 is 10.1 Å². The Labute approximate surface area is 180 Å². The number of fused-ring (bicyclic) bond motifs is 1. The van der Waals surface area contributed by atoms with Crippen LogP contribution < -0.4 is 5.32 Å². The van der Waals surface area contributed by atoms with Crippen molar-refractivity contribution < 1.29 is 19.1 Å². The van der Waals surface area contributed by atoms with Crippen LogP contribution in [0.1, 0.15) is 22.3 Å². The van der Waals surface area contributed by atoms with Gasteiger partial charge in [0, 0.05) is 22.1 Å². The normalized spacial score (nSPS) is 31.6. The summed E-state index contributed by atoms with van der Waals surface area (Å²) in [6.45, 7) is 0. The zero-order valence-corrected chi connectivity index (χ0v) is 17.5. The maximum absolute atomic E-state index is 13.2. The van der Waals surface area contributed by atoms with Crippen molar-refractivity contribution in [3.05, 3.63) is 64.7 Å². The Hall–Kier alpha value is -2.18. The number of alkyl halides is 1. The minimum atomic E-state index is -0.467. The van der Waals surface area contributed by atoms with Crippen LogP contribution in [0, 0.1) is 23.7 Å². The SMILES string of the molecule is O=C(c1ccccc1)c1cc(Cl)ccc1NC(=O)[C@@H]1[C@H]2C[C@H]3[C@H](OC(=O)[C@@H]31)[C@H]2Br. The van der Waals surface area contributed by atoms with Crippen LogP contribution in [-0.4, -0.2) is 28.6 Å². The first-order valence-electron chi connectivity index (χ1n) is 9.50. The molecule has 0 unspecified atom stereocenters. The summed E-state index contributed by atoms with van der Waals surface area (Å²) >= 11 is 9.74. The first-order valence-corrected chi connectivity index (χ1v) is 10.8. The molecule has 5 nitrogen and oxygen atoms in total. The van der Waals surface area contributed by atoms with E-state index in [2.05, 4.69) is 21.2 Å². The monoisotopic (exact) mass is 473 g/mol. The average Bonchev–Trinajstić information content (AvgIpc) is 3.33. The maximum Gasteiger partial charge on any atom is 0.310 e. The van der Waals surface area contributed by atoms with E-state index in [0.717, 1.165) is 6.42 Å². The molecule has 3 aliphatic rings. The number of hydrogen-bond acceptors (Lipinski definition) is 4. The van der Waals surface area contributed by atoms with E-state index >= 15 is 0 Å². The molecule has 5 rings (SSSR count). The van der Waals surface area contributed by atoms with Gasteiger partial charge in [-0.25, -0.2) is 0 Å². The highest BCUT2D eigenvalue weighted by molar-refractivity contribution is 9.09. The molecule has 6 atom stereocenters. The van der Waals surface area contributed by atoms with E-state index in [4.69, 9.17) is 16.3 Å². The van der Waals surface area contributed by atoms with E-state index < -0.39 is 11.8 Å². The average molecular weight is 475 g/mol. The van der Waals surface area contributed by atoms with Gasteiger partial charge in [0.2, 0.25) is 5.91 Å². The van der Waals surface area contributed by atoms with Gasteiger partial charge in [0.15, 0.2) is 5.78 Å². The molecule has 3 fully saturated rings. The van der Waals surface area contributed by atoms with Crippen LogP contribution in [0.4, 0.5) is 5.69 Å². The fourth-order valence-electron chi connectivity index (χ4n) is 5.10. The Balaban J connectivity index is 1.45. The van der Waals surface area contributed by atoms with Crippen LogP contribution in [0.2, 0.25) is 5.02 Å². The van der Waals surface area contributed by atoms with Gasteiger partial charge in [-0.2, -0.15) is 0 Å². The van der Waals surface area contributed by atoms with Crippen molar-refractivity contribution in [1.29, 1.82) is 0 Å². The van der Waals surface area contributed by atoms with Crippen LogP contribution in [-0.2, 0) is 14.3 Å². The Morgan fingerprint density at radius 3 is 2.62 bits per heavy atom. The third-order valence-corrected chi connectivity index (χ3v) is 7.78. The maximum atomic E-state index is 13.2. The smallest absolute Gasteiger partial charge is 0.310 e. The molecule has 1 amide bonds. The fraction of sp³-hybridized carbons (Fsp3) is 0.318. The highest BCUT2D eigenvalue weighted by Crippen LogP contribution is 2.60. The lowest BCUT2D eigenvalue weighted by atomic mass is 9.79.